The number of aromatic hydroxyl groups is 1. The van der Waals surface area contributed by atoms with Crippen LogP contribution in [0, 0.1) is 13.8 Å². The van der Waals surface area contributed by atoms with Crippen LogP contribution in [0.3, 0.4) is 0 Å². The summed E-state index contributed by atoms with van der Waals surface area (Å²) in [4.78, 5) is 21.5. The molecule has 0 atom stereocenters. The molecule has 0 aliphatic carbocycles. The minimum atomic E-state index is -0.101. The molecule has 1 aliphatic heterocycles. The van der Waals surface area contributed by atoms with Crippen molar-refractivity contribution in [2.75, 3.05) is 5.32 Å². The van der Waals surface area contributed by atoms with Crippen LogP contribution in [0.2, 0.25) is 0 Å². The Morgan fingerprint density at radius 3 is 2.58 bits per heavy atom. The molecule has 0 amide bonds. The molecule has 0 fully saturated rings. The fourth-order valence-corrected chi connectivity index (χ4v) is 3.80. The Bertz CT molecular complexity index is 1100. The summed E-state index contributed by atoms with van der Waals surface area (Å²) in [5, 5.41) is 13.8. The van der Waals surface area contributed by atoms with Gasteiger partial charge in [0.2, 0.25) is 0 Å². The minimum absolute atomic E-state index is 0.101. The molecule has 5 nitrogen and oxygen atoms in total. The van der Waals surface area contributed by atoms with E-state index < -0.39 is 0 Å². The number of carbonyl (C=O) groups is 1. The van der Waals surface area contributed by atoms with Crippen molar-refractivity contribution in [2.24, 2.45) is 4.99 Å². The number of aromatic nitrogens is 1. The second-order valence-corrected chi connectivity index (χ2v) is 7.85. The molecule has 160 valence electrons. The van der Waals surface area contributed by atoms with Crippen molar-refractivity contribution in [2.45, 2.75) is 47.5 Å². The lowest BCUT2D eigenvalue weighted by Gasteiger charge is -2.14. The number of pyridine rings is 1. The molecule has 0 radical (unpaired) electrons. The molecule has 1 aromatic heterocycles. The monoisotopic (exact) mass is 415 g/mol. The van der Waals surface area contributed by atoms with Crippen LogP contribution < -0.4 is 5.32 Å². The number of hydrogen-bond acceptors (Lipinski definition) is 5. The first-order valence-corrected chi connectivity index (χ1v) is 10.5. The molecule has 1 aliphatic rings. The number of hydrogen-bond donors (Lipinski definition) is 2. The zero-order valence-electron chi connectivity index (χ0n) is 18.8. The van der Waals surface area contributed by atoms with Crippen molar-refractivity contribution in [3.05, 3.63) is 82.3 Å². The van der Waals surface area contributed by atoms with Crippen molar-refractivity contribution in [1.82, 2.24) is 4.98 Å². The van der Waals surface area contributed by atoms with Gasteiger partial charge in [-0.1, -0.05) is 24.6 Å². The van der Waals surface area contributed by atoms with Crippen LogP contribution in [-0.2, 0) is 4.79 Å². The summed E-state index contributed by atoms with van der Waals surface area (Å²) < 4.78 is 0. The average Bonchev–Trinajstić information content (AvgIpc) is 2.86. The third kappa shape index (κ3) is 5.18. The fourth-order valence-electron chi connectivity index (χ4n) is 3.80. The van der Waals surface area contributed by atoms with Gasteiger partial charge < -0.3 is 10.4 Å². The van der Waals surface area contributed by atoms with E-state index in [-0.39, 0.29) is 11.5 Å². The standard InChI is InChI=1S/C26H29N3O2/c1-6-22-17(3)12-25(29-21-11-10-18(4)27-15-21)28-14-20(22)13-23(19(5)30)26-16(2)8-7-9-24(26)31/h7-11,13-15,31H,6,12H2,1-5H3,(H,28,29)/b23-13+. The number of phenols is 1. The topological polar surface area (TPSA) is 74.6 Å². The highest BCUT2D eigenvalue weighted by Gasteiger charge is 2.18. The number of carbonyl (C=O) groups excluding carboxylic acids is 1. The first kappa shape index (κ1) is 22.2. The van der Waals surface area contributed by atoms with Crippen LogP contribution in [-0.4, -0.2) is 21.7 Å². The Hall–Kier alpha value is -3.47. The Morgan fingerprint density at radius 2 is 1.97 bits per heavy atom. The van der Waals surface area contributed by atoms with Gasteiger partial charge in [-0.3, -0.25) is 9.78 Å². The highest BCUT2D eigenvalue weighted by molar-refractivity contribution is 6.21. The van der Waals surface area contributed by atoms with Crippen molar-refractivity contribution in [3.8, 4) is 5.75 Å². The van der Waals surface area contributed by atoms with E-state index in [0.29, 0.717) is 17.6 Å². The largest absolute Gasteiger partial charge is 0.507 e. The molecular weight excluding hydrogens is 386 g/mol. The summed E-state index contributed by atoms with van der Waals surface area (Å²) >= 11 is 0. The number of allylic oxidation sites excluding steroid dienone is 4. The summed E-state index contributed by atoms with van der Waals surface area (Å²) in [5.74, 6) is 0.823. The molecule has 2 aromatic rings. The number of benzene rings is 1. The van der Waals surface area contributed by atoms with Crippen LogP contribution in [0.1, 0.15) is 50.4 Å². The molecule has 3 rings (SSSR count). The Morgan fingerprint density at radius 1 is 1.19 bits per heavy atom. The van der Waals surface area contributed by atoms with Gasteiger partial charge in [0.25, 0.3) is 0 Å². The third-order valence-electron chi connectivity index (χ3n) is 5.41. The van der Waals surface area contributed by atoms with Gasteiger partial charge in [0.15, 0.2) is 5.78 Å². The number of aliphatic imine (C=N–C) groups is 1. The van der Waals surface area contributed by atoms with Crippen LogP contribution >= 0.6 is 0 Å². The lowest BCUT2D eigenvalue weighted by Crippen LogP contribution is -2.12. The van der Waals surface area contributed by atoms with Crippen molar-refractivity contribution < 1.29 is 9.90 Å². The Balaban J connectivity index is 2.06. The number of anilines is 1. The predicted octanol–water partition coefficient (Wildman–Crippen LogP) is 5.90. The third-order valence-corrected chi connectivity index (χ3v) is 5.41. The molecule has 0 unspecified atom stereocenters. The van der Waals surface area contributed by atoms with E-state index in [1.165, 1.54) is 12.5 Å². The molecule has 1 aromatic carbocycles. The number of Topliss-reactive ketones (excluding diaryl/α,β-unsaturated/α-hetero) is 1. The number of ketones is 1. The number of nitrogens with one attached hydrogen (secondary N) is 1. The van der Waals surface area contributed by atoms with E-state index in [1.807, 2.05) is 38.1 Å². The molecule has 0 saturated heterocycles. The Labute approximate surface area is 184 Å². The van der Waals surface area contributed by atoms with Gasteiger partial charge >= 0.3 is 0 Å². The molecule has 31 heavy (non-hydrogen) atoms. The first-order valence-electron chi connectivity index (χ1n) is 10.5. The van der Waals surface area contributed by atoms with Gasteiger partial charge in [-0.25, -0.2) is 4.99 Å². The number of rotatable bonds is 5. The van der Waals surface area contributed by atoms with Crippen LogP contribution in [0.4, 0.5) is 5.69 Å². The van der Waals surface area contributed by atoms with Crippen molar-refractivity contribution in [1.29, 1.82) is 0 Å². The van der Waals surface area contributed by atoms with E-state index in [2.05, 4.69) is 29.1 Å². The van der Waals surface area contributed by atoms with Gasteiger partial charge in [0.1, 0.15) is 11.6 Å². The molecule has 2 N–H and O–H groups in total. The maximum atomic E-state index is 12.5. The number of amidine groups is 1. The number of aryl methyl sites for hydroxylation is 2. The molecular formula is C26H29N3O2. The first-order chi connectivity index (χ1) is 14.8. The minimum Gasteiger partial charge on any atom is -0.507 e. The summed E-state index contributed by atoms with van der Waals surface area (Å²) in [7, 11) is 0. The summed E-state index contributed by atoms with van der Waals surface area (Å²) in [6.07, 6.45) is 6.94. The summed E-state index contributed by atoms with van der Waals surface area (Å²) in [5.41, 5.74) is 6.97. The average molecular weight is 416 g/mol. The zero-order chi connectivity index (χ0) is 22.5. The summed E-state index contributed by atoms with van der Waals surface area (Å²) in [6.45, 7) is 9.56. The molecule has 5 heteroatoms. The maximum absolute atomic E-state index is 12.5. The second kappa shape index (κ2) is 9.56. The van der Waals surface area contributed by atoms with Crippen LogP contribution in [0.25, 0.3) is 5.57 Å². The lowest BCUT2D eigenvalue weighted by molar-refractivity contribution is -0.111. The quantitative estimate of drug-likeness (QED) is 0.596. The van der Waals surface area contributed by atoms with Gasteiger partial charge in [-0.15, -0.1) is 0 Å². The Kier molecular flexibility index (Phi) is 6.85. The SMILES string of the molecule is CCC1=C(C)CC(Nc2ccc(C)nc2)=NC=C1/C=C(\C(C)=O)c1c(C)cccc1O. The molecule has 2 heterocycles. The highest BCUT2D eigenvalue weighted by Crippen LogP contribution is 2.33. The normalized spacial score (nSPS) is 14.7. The summed E-state index contributed by atoms with van der Waals surface area (Å²) in [6, 6.07) is 9.22. The van der Waals surface area contributed by atoms with Gasteiger partial charge in [0.05, 0.1) is 11.9 Å². The van der Waals surface area contributed by atoms with Gasteiger partial charge in [-0.2, -0.15) is 0 Å². The van der Waals surface area contributed by atoms with Crippen LogP contribution in [0.15, 0.2) is 70.5 Å². The second-order valence-electron chi connectivity index (χ2n) is 7.85. The van der Waals surface area contributed by atoms with Gasteiger partial charge in [0, 0.05) is 29.5 Å². The number of phenolic OH excluding ortho intramolecular Hbond substituents is 1. The number of nitrogens with zero attached hydrogens (tertiary/aromatic N) is 2. The molecule has 0 spiro atoms. The van der Waals surface area contributed by atoms with E-state index in [9.17, 15) is 9.90 Å². The van der Waals surface area contributed by atoms with Crippen LogP contribution in [0.5, 0.6) is 5.75 Å². The predicted molar refractivity (Wildman–Crippen MR) is 127 cm³/mol. The van der Waals surface area contributed by atoms with E-state index >= 15 is 0 Å². The van der Waals surface area contributed by atoms with Crippen molar-refractivity contribution >= 4 is 22.9 Å². The smallest absolute Gasteiger partial charge is 0.160 e. The zero-order valence-corrected chi connectivity index (χ0v) is 18.8. The molecule has 0 saturated carbocycles. The van der Waals surface area contributed by atoms with Crippen molar-refractivity contribution in [3.63, 3.8) is 0 Å². The van der Waals surface area contributed by atoms with E-state index in [1.54, 1.807) is 24.5 Å². The highest BCUT2D eigenvalue weighted by atomic mass is 16.3. The maximum Gasteiger partial charge on any atom is 0.160 e. The van der Waals surface area contributed by atoms with E-state index in [0.717, 1.165) is 40.3 Å². The lowest BCUT2D eigenvalue weighted by atomic mass is 9.91. The van der Waals surface area contributed by atoms with Gasteiger partial charge in [-0.05, 0) is 75.1 Å². The molecule has 0 bridgehead atoms. The fraction of sp³-hybridized carbons (Fsp3) is 0.269. The van der Waals surface area contributed by atoms with E-state index in [4.69, 9.17) is 0 Å².